The first kappa shape index (κ1) is 21.8. The van der Waals surface area contributed by atoms with Crippen molar-refractivity contribution in [1.29, 1.82) is 0 Å². The number of rotatable bonds is 10. The average molecular weight is 436 g/mol. The van der Waals surface area contributed by atoms with E-state index in [0.717, 1.165) is 61.9 Å². The number of ether oxygens (including phenoxy) is 4. The Kier molecular flexibility index (Phi) is 7.12. The van der Waals surface area contributed by atoms with Gasteiger partial charge in [-0.05, 0) is 56.8 Å². The molecule has 2 heterocycles. The van der Waals surface area contributed by atoms with Crippen molar-refractivity contribution in [3.05, 3.63) is 46.0 Å². The molecule has 1 saturated carbocycles. The fraction of sp³-hybridized carbons (Fsp3) is 0.667. The van der Waals surface area contributed by atoms with Crippen molar-refractivity contribution >= 4 is 11.6 Å². The van der Waals surface area contributed by atoms with E-state index < -0.39 is 0 Å². The van der Waals surface area contributed by atoms with Crippen LogP contribution in [-0.4, -0.2) is 45.7 Å². The zero-order valence-corrected chi connectivity index (χ0v) is 18.9. The molecule has 0 aromatic rings. The molecule has 5 nitrogen and oxygen atoms in total. The molecule has 0 radical (unpaired) electrons. The summed E-state index contributed by atoms with van der Waals surface area (Å²) in [6.07, 6.45) is 13.7. The summed E-state index contributed by atoms with van der Waals surface area (Å²) < 4.78 is 23.0. The van der Waals surface area contributed by atoms with Crippen LogP contribution in [0.3, 0.4) is 0 Å². The van der Waals surface area contributed by atoms with Crippen LogP contribution in [-0.2, 0) is 18.9 Å². The van der Waals surface area contributed by atoms with Crippen LogP contribution in [0.5, 0.6) is 0 Å². The smallest absolute Gasteiger partial charge is 0.126 e. The van der Waals surface area contributed by atoms with Gasteiger partial charge in [0.05, 0.1) is 24.9 Å². The highest BCUT2D eigenvalue weighted by Crippen LogP contribution is 2.40. The molecule has 0 amide bonds. The summed E-state index contributed by atoms with van der Waals surface area (Å²) in [5.41, 5.74) is 2.38. The first-order valence-corrected chi connectivity index (χ1v) is 11.6. The average Bonchev–Trinajstić information content (AvgIpc) is 2.82. The molecule has 4 rings (SSSR count). The van der Waals surface area contributed by atoms with Crippen LogP contribution in [0.25, 0.3) is 0 Å². The van der Waals surface area contributed by atoms with Crippen LogP contribution in [0.1, 0.15) is 51.9 Å². The maximum Gasteiger partial charge on any atom is 0.126 e. The fourth-order valence-corrected chi connectivity index (χ4v) is 4.43. The third-order valence-electron chi connectivity index (χ3n) is 6.28. The number of methoxy groups -OCH3 is 1. The van der Waals surface area contributed by atoms with Gasteiger partial charge in [-0.3, -0.25) is 0 Å². The van der Waals surface area contributed by atoms with Gasteiger partial charge in [-0.25, -0.2) is 0 Å². The Morgan fingerprint density at radius 1 is 1.23 bits per heavy atom. The zero-order chi connectivity index (χ0) is 21.0. The molecule has 0 spiro atoms. The summed E-state index contributed by atoms with van der Waals surface area (Å²) in [5.74, 6) is 1.72. The number of fused-ring (bicyclic) bond motifs is 1. The third-order valence-corrected chi connectivity index (χ3v) is 6.60. The van der Waals surface area contributed by atoms with E-state index in [9.17, 15) is 0 Å². The van der Waals surface area contributed by atoms with E-state index in [4.69, 9.17) is 30.5 Å². The first-order chi connectivity index (χ1) is 14.6. The lowest BCUT2D eigenvalue weighted by Crippen LogP contribution is -2.43. The van der Waals surface area contributed by atoms with Crippen LogP contribution < -0.4 is 5.32 Å². The highest BCUT2D eigenvalue weighted by molar-refractivity contribution is 6.31. The summed E-state index contributed by atoms with van der Waals surface area (Å²) in [6.45, 7) is 5.29. The Morgan fingerprint density at radius 2 is 2.03 bits per heavy atom. The van der Waals surface area contributed by atoms with Gasteiger partial charge in [0.1, 0.15) is 17.6 Å². The predicted octanol–water partition coefficient (Wildman–Crippen LogP) is 4.95. The van der Waals surface area contributed by atoms with Gasteiger partial charge in [0.15, 0.2) is 0 Å². The van der Waals surface area contributed by atoms with E-state index in [2.05, 4.69) is 24.4 Å². The van der Waals surface area contributed by atoms with Crippen molar-refractivity contribution in [2.45, 2.75) is 64.0 Å². The Labute approximate surface area is 185 Å². The number of unbranched alkanes of at least 4 members (excludes halogenated alkanes) is 1. The van der Waals surface area contributed by atoms with Crippen LogP contribution in [0, 0.1) is 5.41 Å². The van der Waals surface area contributed by atoms with Crippen LogP contribution in [0.2, 0.25) is 0 Å². The summed E-state index contributed by atoms with van der Waals surface area (Å²) >= 11 is 6.66. The van der Waals surface area contributed by atoms with E-state index in [1.165, 1.54) is 19.3 Å². The largest absolute Gasteiger partial charge is 0.496 e. The Morgan fingerprint density at radius 3 is 2.70 bits per heavy atom. The van der Waals surface area contributed by atoms with Gasteiger partial charge in [-0.15, -0.1) is 0 Å². The lowest BCUT2D eigenvalue weighted by atomic mass is 9.81. The number of allylic oxidation sites excluding steroid dienone is 3. The molecule has 2 aliphatic heterocycles. The van der Waals surface area contributed by atoms with Crippen LogP contribution in [0.4, 0.5) is 0 Å². The van der Waals surface area contributed by atoms with Gasteiger partial charge >= 0.3 is 0 Å². The maximum atomic E-state index is 6.66. The molecule has 4 aliphatic rings. The predicted molar refractivity (Wildman–Crippen MR) is 118 cm³/mol. The molecular weight excluding hydrogens is 402 g/mol. The van der Waals surface area contributed by atoms with E-state index >= 15 is 0 Å². The number of halogens is 1. The minimum atomic E-state index is 0.0418. The second-order valence-electron chi connectivity index (χ2n) is 9.17. The van der Waals surface area contributed by atoms with Gasteiger partial charge in [-0.1, -0.05) is 18.5 Å². The molecule has 166 valence electrons. The minimum absolute atomic E-state index is 0.0418. The fourth-order valence-electron chi connectivity index (χ4n) is 4.19. The number of hydrogen-bond acceptors (Lipinski definition) is 5. The topological polar surface area (TPSA) is 49.0 Å². The molecule has 6 heteroatoms. The van der Waals surface area contributed by atoms with E-state index in [1.54, 1.807) is 7.11 Å². The maximum absolute atomic E-state index is 6.66. The van der Waals surface area contributed by atoms with Gasteiger partial charge in [0.25, 0.3) is 0 Å². The third kappa shape index (κ3) is 5.24. The molecule has 2 fully saturated rings. The van der Waals surface area contributed by atoms with Crippen molar-refractivity contribution in [1.82, 2.24) is 5.32 Å². The molecule has 1 unspecified atom stereocenters. The summed E-state index contributed by atoms with van der Waals surface area (Å²) in [7, 11) is 1.72. The zero-order valence-electron chi connectivity index (χ0n) is 18.2. The van der Waals surface area contributed by atoms with Gasteiger partial charge < -0.3 is 24.3 Å². The highest BCUT2D eigenvalue weighted by Gasteiger charge is 2.38. The molecule has 0 aromatic carbocycles. The molecule has 30 heavy (non-hydrogen) atoms. The summed E-state index contributed by atoms with van der Waals surface area (Å²) in [4.78, 5) is 0. The molecule has 1 saturated heterocycles. The molecule has 1 atom stereocenters. The van der Waals surface area contributed by atoms with Gasteiger partial charge in [0, 0.05) is 42.9 Å². The monoisotopic (exact) mass is 435 g/mol. The van der Waals surface area contributed by atoms with Crippen molar-refractivity contribution in [3.8, 4) is 0 Å². The van der Waals surface area contributed by atoms with E-state index in [0.29, 0.717) is 24.1 Å². The quantitative estimate of drug-likeness (QED) is 0.492. The minimum Gasteiger partial charge on any atom is -0.496 e. The standard InChI is InChI=1S/C24H34ClNO4/c1-24(15-28-16-24)14-18-12-21(26-17-6-5-7-17)19-13-20(25)23(9-8-22(19)30-18)29-11-4-3-10-27-2/h8,12-13,17-18,26H,3-7,9-11,14-16H2,1-2H3. The van der Waals surface area contributed by atoms with E-state index in [1.807, 2.05) is 6.08 Å². The van der Waals surface area contributed by atoms with Crippen molar-refractivity contribution in [2.75, 3.05) is 33.5 Å². The second-order valence-corrected chi connectivity index (χ2v) is 9.57. The first-order valence-electron chi connectivity index (χ1n) is 11.2. The molecule has 2 aliphatic carbocycles. The van der Waals surface area contributed by atoms with Crippen molar-refractivity contribution < 1.29 is 18.9 Å². The molecule has 0 aromatic heterocycles. The van der Waals surface area contributed by atoms with Crippen LogP contribution >= 0.6 is 11.6 Å². The Hall–Kier alpha value is -1.43. The SMILES string of the molecule is COCCCCOC1=C(Cl)C=C2C(NC3CCC3)=CC(CC3(C)COC3)OC2=CC1. The van der Waals surface area contributed by atoms with Gasteiger partial charge in [0.2, 0.25) is 0 Å². The van der Waals surface area contributed by atoms with Crippen molar-refractivity contribution in [3.63, 3.8) is 0 Å². The summed E-state index contributed by atoms with van der Waals surface area (Å²) in [5, 5.41) is 4.40. The Balaban J connectivity index is 1.49. The number of nitrogens with one attached hydrogen (secondary N) is 1. The van der Waals surface area contributed by atoms with Gasteiger partial charge in [-0.2, -0.15) is 0 Å². The lowest BCUT2D eigenvalue weighted by Gasteiger charge is -2.41. The Bertz CT molecular complexity index is 746. The lowest BCUT2D eigenvalue weighted by molar-refractivity contribution is -0.118. The molecular formula is C24H34ClNO4. The van der Waals surface area contributed by atoms with Crippen LogP contribution in [0.15, 0.2) is 46.0 Å². The summed E-state index contributed by atoms with van der Waals surface area (Å²) in [6, 6.07) is 0.544. The number of hydrogen-bond donors (Lipinski definition) is 1. The van der Waals surface area contributed by atoms with E-state index in [-0.39, 0.29) is 11.5 Å². The normalized spacial score (nSPS) is 25.6. The highest BCUT2D eigenvalue weighted by atomic mass is 35.5. The molecule has 0 bridgehead atoms. The second kappa shape index (κ2) is 9.80. The van der Waals surface area contributed by atoms with Crippen molar-refractivity contribution in [2.24, 2.45) is 5.41 Å². The molecule has 1 N–H and O–H groups in total.